The zero-order chi connectivity index (χ0) is 18.8. The minimum Gasteiger partial charge on any atom is -0.339 e. The topological polar surface area (TPSA) is 66.6 Å². The van der Waals surface area contributed by atoms with Crippen molar-refractivity contribution >= 4 is 24.2 Å². The number of rotatable bonds is 5. The van der Waals surface area contributed by atoms with Gasteiger partial charge in [-0.2, -0.15) is 0 Å². The Morgan fingerprint density at radius 2 is 1.61 bits per heavy atom. The predicted molar refractivity (Wildman–Crippen MR) is 112 cm³/mol. The number of nitrogens with zero attached hydrogens (tertiary/aromatic N) is 2. The maximum atomic E-state index is 12.9. The van der Waals surface area contributed by atoms with Crippen molar-refractivity contribution in [2.45, 2.75) is 44.6 Å². The average molecular weight is 406 g/mol. The summed E-state index contributed by atoms with van der Waals surface area (Å²) in [7, 11) is 0. The molecule has 2 N–H and O–H groups in total. The molecule has 0 spiro atoms. The Bertz CT molecular complexity index is 674. The van der Waals surface area contributed by atoms with E-state index in [-0.39, 0.29) is 36.2 Å². The summed E-state index contributed by atoms with van der Waals surface area (Å²) >= 11 is 0. The Hall–Kier alpha value is -1.59. The summed E-state index contributed by atoms with van der Waals surface area (Å²) in [4.78, 5) is 29.3. The lowest BCUT2D eigenvalue weighted by Gasteiger charge is -2.38. The number of halogens is 1. The quantitative estimate of drug-likeness (QED) is 0.818. The fourth-order valence-corrected chi connectivity index (χ4v) is 5.34. The Kier molecular flexibility index (Phi) is 7.00. The van der Waals surface area contributed by atoms with E-state index in [0.717, 1.165) is 25.7 Å². The summed E-state index contributed by atoms with van der Waals surface area (Å²) in [6.45, 7) is 2.63. The molecular weight excluding hydrogens is 374 g/mol. The van der Waals surface area contributed by atoms with Gasteiger partial charge in [-0.3, -0.25) is 9.59 Å². The maximum Gasteiger partial charge on any atom is 0.227 e. The SMILES string of the molecule is Cl.NC1C2CCC(C2)C1C(=O)N1CCN(C(=O)CCCc2ccccc2)CC1. The molecule has 3 fully saturated rings. The summed E-state index contributed by atoms with van der Waals surface area (Å²) in [5.74, 6) is 1.53. The number of carbonyl (C=O) groups excluding carboxylic acids is 2. The molecular formula is C22H32ClN3O2. The van der Waals surface area contributed by atoms with E-state index in [0.29, 0.717) is 44.4 Å². The van der Waals surface area contributed by atoms with Crippen LogP contribution in [0.4, 0.5) is 0 Å². The van der Waals surface area contributed by atoms with Crippen LogP contribution in [0.3, 0.4) is 0 Å². The first-order valence-corrected chi connectivity index (χ1v) is 10.5. The molecule has 28 heavy (non-hydrogen) atoms. The molecule has 1 aromatic carbocycles. The number of piperazine rings is 1. The number of hydrogen-bond acceptors (Lipinski definition) is 3. The summed E-state index contributed by atoms with van der Waals surface area (Å²) in [6, 6.07) is 10.3. The molecule has 4 atom stereocenters. The van der Waals surface area contributed by atoms with E-state index >= 15 is 0 Å². The van der Waals surface area contributed by atoms with E-state index < -0.39 is 0 Å². The molecule has 5 nitrogen and oxygen atoms in total. The first-order valence-electron chi connectivity index (χ1n) is 10.5. The summed E-state index contributed by atoms with van der Waals surface area (Å²) < 4.78 is 0. The predicted octanol–water partition coefficient (Wildman–Crippen LogP) is 2.48. The summed E-state index contributed by atoms with van der Waals surface area (Å²) in [5, 5.41) is 0. The highest BCUT2D eigenvalue weighted by Crippen LogP contribution is 2.48. The van der Waals surface area contributed by atoms with Crippen LogP contribution in [0, 0.1) is 17.8 Å². The molecule has 2 aliphatic carbocycles. The molecule has 4 unspecified atom stereocenters. The number of benzene rings is 1. The molecule has 2 bridgehead atoms. The van der Waals surface area contributed by atoms with Crippen LogP contribution in [0.25, 0.3) is 0 Å². The number of amides is 2. The van der Waals surface area contributed by atoms with Crippen molar-refractivity contribution < 1.29 is 9.59 Å². The molecule has 4 rings (SSSR count). The van der Waals surface area contributed by atoms with Crippen LogP contribution in [0.1, 0.15) is 37.7 Å². The van der Waals surface area contributed by atoms with Gasteiger partial charge >= 0.3 is 0 Å². The lowest BCUT2D eigenvalue weighted by atomic mass is 9.84. The second-order valence-corrected chi connectivity index (χ2v) is 8.48. The van der Waals surface area contributed by atoms with Gasteiger partial charge in [0, 0.05) is 38.6 Å². The third-order valence-corrected chi connectivity index (χ3v) is 6.91. The average Bonchev–Trinajstić information content (AvgIpc) is 3.30. The van der Waals surface area contributed by atoms with Gasteiger partial charge in [-0.05, 0) is 49.5 Å². The van der Waals surface area contributed by atoms with E-state index in [1.54, 1.807) is 0 Å². The van der Waals surface area contributed by atoms with Crippen molar-refractivity contribution in [1.29, 1.82) is 0 Å². The largest absolute Gasteiger partial charge is 0.339 e. The van der Waals surface area contributed by atoms with Crippen molar-refractivity contribution in [3.05, 3.63) is 35.9 Å². The van der Waals surface area contributed by atoms with Crippen LogP contribution in [-0.4, -0.2) is 53.8 Å². The minimum absolute atomic E-state index is 0. The number of fused-ring (bicyclic) bond motifs is 2. The number of aryl methyl sites for hydroxylation is 1. The van der Waals surface area contributed by atoms with Crippen LogP contribution in [-0.2, 0) is 16.0 Å². The standard InChI is InChI=1S/C22H31N3O2.ClH/c23-21-18-10-9-17(15-18)20(21)22(27)25-13-11-24(12-14-25)19(26)8-4-7-16-5-2-1-3-6-16;/h1-3,5-6,17-18,20-21H,4,7-15,23H2;1H. The van der Waals surface area contributed by atoms with Crippen molar-refractivity contribution in [3.8, 4) is 0 Å². The zero-order valence-electron chi connectivity index (χ0n) is 16.5. The van der Waals surface area contributed by atoms with Crippen LogP contribution in [0.2, 0.25) is 0 Å². The van der Waals surface area contributed by atoms with E-state index in [2.05, 4.69) is 12.1 Å². The van der Waals surface area contributed by atoms with E-state index in [1.807, 2.05) is 28.0 Å². The highest BCUT2D eigenvalue weighted by Gasteiger charge is 2.50. The van der Waals surface area contributed by atoms with Crippen LogP contribution < -0.4 is 5.73 Å². The number of carbonyl (C=O) groups is 2. The Balaban J connectivity index is 0.00000225. The molecule has 2 amide bonds. The van der Waals surface area contributed by atoms with Gasteiger partial charge in [0.15, 0.2) is 0 Å². The van der Waals surface area contributed by atoms with Crippen LogP contribution in [0.5, 0.6) is 0 Å². The van der Waals surface area contributed by atoms with Crippen molar-refractivity contribution in [2.24, 2.45) is 23.5 Å². The Morgan fingerprint density at radius 1 is 0.964 bits per heavy atom. The molecule has 6 heteroatoms. The lowest BCUT2D eigenvalue weighted by molar-refractivity contribution is -0.143. The van der Waals surface area contributed by atoms with Crippen molar-refractivity contribution in [1.82, 2.24) is 9.80 Å². The van der Waals surface area contributed by atoms with Gasteiger partial charge < -0.3 is 15.5 Å². The highest BCUT2D eigenvalue weighted by molar-refractivity contribution is 5.85. The van der Waals surface area contributed by atoms with Crippen LogP contribution in [0.15, 0.2) is 30.3 Å². The van der Waals surface area contributed by atoms with Gasteiger partial charge in [-0.15, -0.1) is 12.4 Å². The minimum atomic E-state index is 0. The Labute approximate surface area is 174 Å². The van der Waals surface area contributed by atoms with E-state index in [4.69, 9.17) is 5.73 Å². The molecule has 0 aromatic heterocycles. The molecule has 154 valence electrons. The summed E-state index contributed by atoms with van der Waals surface area (Å²) in [6.07, 6.45) is 5.89. The Morgan fingerprint density at radius 3 is 2.25 bits per heavy atom. The molecule has 3 aliphatic rings. The summed E-state index contributed by atoms with van der Waals surface area (Å²) in [5.41, 5.74) is 7.62. The zero-order valence-corrected chi connectivity index (χ0v) is 17.3. The highest BCUT2D eigenvalue weighted by atomic mass is 35.5. The van der Waals surface area contributed by atoms with Crippen molar-refractivity contribution in [3.63, 3.8) is 0 Å². The third-order valence-electron chi connectivity index (χ3n) is 6.91. The number of nitrogens with two attached hydrogens (primary N) is 1. The van der Waals surface area contributed by atoms with Gasteiger partial charge in [0.1, 0.15) is 0 Å². The molecule has 1 saturated heterocycles. The van der Waals surface area contributed by atoms with Gasteiger partial charge in [0.05, 0.1) is 5.92 Å². The normalized spacial score (nSPS) is 28.9. The molecule has 1 heterocycles. The molecule has 2 saturated carbocycles. The maximum absolute atomic E-state index is 12.9. The second-order valence-electron chi connectivity index (χ2n) is 8.48. The number of hydrogen-bond donors (Lipinski definition) is 1. The fourth-order valence-electron chi connectivity index (χ4n) is 5.34. The fraction of sp³-hybridized carbons (Fsp3) is 0.636. The van der Waals surface area contributed by atoms with Gasteiger partial charge in [0.25, 0.3) is 0 Å². The second kappa shape index (κ2) is 9.27. The first kappa shape index (κ1) is 21.1. The van der Waals surface area contributed by atoms with Gasteiger partial charge in [0.2, 0.25) is 11.8 Å². The molecule has 0 radical (unpaired) electrons. The first-order chi connectivity index (χ1) is 13.1. The lowest BCUT2D eigenvalue weighted by Crippen LogP contribution is -2.54. The van der Waals surface area contributed by atoms with Gasteiger partial charge in [-0.1, -0.05) is 30.3 Å². The third kappa shape index (κ3) is 4.36. The van der Waals surface area contributed by atoms with Crippen LogP contribution >= 0.6 is 12.4 Å². The molecule has 1 aliphatic heterocycles. The van der Waals surface area contributed by atoms with E-state index in [9.17, 15) is 9.59 Å². The monoisotopic (exact) mass is 405 g/mol. The molecule has 1 aromatic rings. The smallest absolute Gasteiger partial charge is 0.227 e. The van der Waals surface area contributed by atoms with E-state index in [1.165, 1.54) is 12.0 Å². The van der Waals surface area contributed by atoms with Gasteiger partial charge in [-0.25, -0.2) is 0 Å². The van der Waals surface area contributed by atoms with Crippen molar-refractivity contribution in [2.75, 3.05) is 26.2 Å².